The largest absolute Gasteiger partial charge is 0.392 e. The van der Waals surface area contributed by atoms with Gasteiger partial charge in [0.1, 0.15) is 0 Å². The zero-order chi connectivity index (χ0) is 17.3. The molecule has 0 fully saturated rings. The molecule has 24 heavy (non-hydrogen) atoms. The van der Waals surface area contributed by atoms with Crippen LogP contribution in [-0.4, -0.2) is 11.3 Å². The van der Waals surface area contributed by atoms with Crippen molar-refractivity contribution < 1.29 is 22.3 Å². The van der Waals surface area contributed by atoms with Crippen LogP contribution in [0.1, 0.15) is 31.6 Å². The first-order chi connectivity index (χ1) is 11.4. The van der Waals surface area contributed by atoms with Crippen LogP contribution in [0.2, 0.25) is 0 Å². The lowest BCUT2D eigenvalue weighted by molar-refractivity contribution is -0.684. The summed E-state index contributed by atoms with van der Waals surface area (Å²) in [5.41, 5.74) is 1.74. The van der Waals surface area contributed by atoms with Gasteiger partial charge in [0.15, 0.2) is 5.16 Å². The minimum atomic E-state index is -4.26. The van der Waals surface area contributed by atoms with Crippen LogP contribution in [0.4, 0.5) is 13.2 Å². The second-order valence-electron chi connectivity index (χ2n) is 6.36. The van der Waals surface area contributed by atoms with Gasteiger partial charge in [-0.2, -0.15) is 17.7 Å². The van der Waals surface area contributed by atoms with Crippen LogP contribution in [0.5, 0.6) is 0 Å². The molecule has 1 aromatic heterocycles. The monoisotopic (exact) mass is 337 g/mol. The van der Waals surface area contributed by atoms with Crippen molar-refractivity contribution in [2.45, 2.75) is 31.9 Å². The van der Waals surface area contributed by atoms with Crippen LogP contribution < -0.4 is 4.57 Å². The molecule has 0 amide bonds. The molecule has 2 aliphatic carbocycles. The summed E-state index contributed by atoms with van der Waals surface area (Å²) >= 11 is 0. The van der Waals surface area contributed by atoms with E-state index in [4.69, 9.17) is 4.52 Å². The van der Waals surface area contributed by atoms with Gasteiger partial charge in [-0.1, -0.05) is 47.6 Å². The molecule has 1 aromatic rings. The molecule has 0 N–H and O–H groups in total. The predicted molar refractivity (Wildman–Crippen MR) is 82.8 cm³/mol. The Hall–Kier alpha value is -2.11. The number of halogens is 3. The summed E-state index contributed by atoms with van der Waals surface area (Å²) in [5, 5.41) is 3.66. The molecule has 3 unspecified atom stereocenters. The summed E-state index contributed by atoms with van der Waals surface area (Å²) in [7, 11) is 1.72. The molecule has 0 spiro atoms. The summed E-state index contributed by atoms with van der Waals surface area (Å²) in [4.78, 5) is 0. The molecule has 1 heterocycles. The first-order valence-electron chi connectivity index (χ1n) is 7.96. The molecular formula is C18H20F3N2O+. The standard InChI is InChI=1S/C18H20F3N2O/c1-12-6-4-3-5-7-14(12)15-9-8-13(10-16(15)18(19,20)21)17-23(2)11-22-24-17/h3-6,8-9,11,13,15-16H,7,10H2,1-2H3/q+1. The molecule has 3 atom stereocenters. The highest BCUT2D eigenvalue weighted by Gasteiger charge is 2.48. The molecule has 6 heteroatoms. The van der Waals surface area contributed by atoms with Crippen molar-refractivity contribution in [1.29, 1.82) is 0 Å². The number of rotatable bonds is 2. The van der Waals surface area contributed by atoms with Crippen molar-refractivity contribution >= 4 is 0 Å². The van der Waals surface area contributed by atoms with Crippen LogP contribution in [0.25, 0.3) is 0 Å². The van der Waals surface area contributed by atoms with Crippen molar-refractivity contribution in [3.8, 4) is 0 Å². The van der Waals surface area contributed by atoms with E-state index in [9.17, 15) is 13.2 Å². The minimum Gasteiger partial charge on any atom is -0.218 e. The highest BCUT2D eigenvalue weighted by molar-refractivity contribution is 5.36. The third-order valence-electron chi connectivity index (χ3n) is 4.78. The van der Waals surface area contributed by atoms with Crippen molar-refractivity contribution in [3.05, 3.63) is 59.8 Å². The fourth-order valence-corrected chi connectivity index (χ4v) is 3.51. The maximum atomic E-state index is 13.7. The van der Waals surface area contributed by atoms with Crippen LogP contribution in [0, 0.1) is 11.8 Å². The Labute approximate surface area is 138 Å². The lowest BCUT2D eigenvalue weighted by Gasteiger charge is -2.34. The number of hydrogen-bond donors (Lipinski definition) is 0. The number of aryl methyl sites for hydroxylation is 1. The maximum absolute atomic E-state index is 13.7. The van der Waals surface area contributed by atoms with E-state index >= 15 is 0 Å². The van der Waals surface area contributed by atoms with Gasteiger partial charge >= 0.3 is 18.4 Å². The van der Waals surface area contributed by atoms with E-state index in [1.54, 1.807) is 17.7 Å². The number of hydrogen-bond acceptors (Lipinski definition) is 2. The van der Waals surface area contributed by atoms with Crippen LogP contribution in [0.15, 0.2) is 58.5 Å². The van der Waals surface area contributed by atoms with E-state index in [1.165, 1.54) is 6.33 Å². The molecule has 0 radical (unpaired) electrons. The Morgan fingerprint density at radius 2 is 2.04 bits per heavy atom. The van der Waals surface area contributed by atoms with Crippen LogP contribution in [-0.2, 0) is 7.05 Å². The average molecular weight is 337 g/mol. The smallest absolute Gasteiger partial charge is 0.218 e. The molecular weight excluding hydrogens is 317 g/mol. The van der Waals surface area contributed by atoms with Crippen molar-refractivity contribution in [2.75, 3.05) is 0 Å². The van der Waals surface area contributed by atoms with Gasteiger partial charge in [-0.25, -0.2) is 4.52 Å². The minimum absolute atomic E-state index is 0.0299. The number of aromatic nitrogens is 2. The highest BCUT2D eigenvalue weighted by atomic mass is 19.4. The van der Waals surface area contributed by atoms with E-state index in [1.807, 2.05) is 37.3 Å². The molecule has 2 aliphatic rings. The van der Waals surface area contributed by atoms with Crippen LogP contribution in [0.3, 0.4) is 0 Å². The van der Waals surface area contributed by atoms with Gasteiger partial charge in [-0.05, 0) is 19.8 Å². The fraction of sp³-hybridized carbons (Fsp3) is 0.444. The van der Waals surface area contributed by atoms with E-state index in [-0.39, 0.29) is 6.42 Å². The second-order valence-corrected chi connectivity index (χ2v) is 6.36. The van der Waals surface area contributed by atoms with E-state index in [2.05, 4.69) is 5.16 Å². The Kier molecular flexibility index (Phi) is 4.47. The van der Waals surface area contributed by atoms with Crippen LogP contribution >= 0.6 is 0 Å². The molecule has 0 aromatic carbocycles. The fourth-order valence-electron chi connectivity index (χ4n) is 3.51. The Morgan fingerprint density at radius 1 is 1.25 bits per heavy atom. The van der Waals surface area contributed by atoms with Gasteiger partial charge in [-0.3, -0.25) is 0 Å². The van der Waals surface area contributed by atoms with Crippen molar-refractivity contribution in [1.82, 2.24) is 5.16 Å². The van der Waals surface area contributed by atoms with E-state index in [0.717, 1.165) is 11.1 Å². The first kappa shape index (κ1) is 16.7. The molecule has 3 nitrogen and oxygen atoms in total. The third-order valence-corrected chi connectivity index (χ3v) is 4.78. The lowest BCUT2D eigenvalue weighted by atomic mass is 9.73. The average Bonchev–Trinajstić information content (AvgIpc) is 2.83. The van der Waals surface area contributed by atoms with Gasteiger partial charge < -0.3 is 0 Å². The lowest BCUT2D eigenvalue weighted by Crippen LogP contribution is -2.38. The van der Waals surface area contributed by atoms with Gasteiger partial charge in [0.25, 0.3) is 0 Å². The molecule has 0 saturated carbocycles. The summed E-state index contributed by atoms with van der Waals surface area (Å²) in [6.07, 6.45) is 8.77. The third kappa shape index (κ3) is 3.23. The summed E-state index contributed by atoms with van der Waals surface area (Å²) in [6.45, 7) is 1.88. The molecule has 3 rings (SSSR count). The predicted octanol–water partition coefficient (Wildman–Crippen LogP) is 4.17. The topological polar surface area (TPSA) is 29.9 Å². The second kappa shape index (κ2) is 6.42. The number of allylic oxidation sites excluding steroid dienone is 8. The zero-order valence-electron chi connectivity index (χ0n) is 13.6. The molecule has 128 valence electrons. The number of alkyl halides is 3. The van der Waals surface area contributed by atoms with Gasteiger partial charge in [0.2, 0.25) is 0 Å². The molecule has 0 saturated heterocycles. The normalized spacial score (nSPS) is 27.6. The van der Waals surface area contributed by atoms with E-state index < -0.39 is 23.9 Å². The number of nitrogens with zero attached hydrogens (tertiary/aromatic N) is 2. The maximum Gasteiger partial charge on any atom is 0.392 e. The SMILES string of the molecule is CC1=C(C2C=CC(c3onc[n+]3C)CC2C(F)(F)F)CC=CC=C1. The summed E-state index contributed by atoms with van der Waals surface area (Å²) in [6, 6.07) is 0. The van der Waals surface area contributed by atoms with Crippen molar-refractivity contribution in [3.63, 3.8) is 0 Å². The summed E-state index contributed by atoms with van der Waals surface area (Å²) < 4.78 is 48.0. The Balaban J connectivity index is 1.98. The summed E-state index contributed by atoms with van der Waals surface area (Å²) in [5.74, 6) is -2.03. The Bertz CT molecular complexity index is 725. The first-order valence-corrected chi connectivity index (χ1v) is 7.96. The van der Waals surface area contributed by atoms with Gasteiger partial charge in [0, 0.05) is 5.92 Å². The highest BCUT2D eigenvalue weighted by Crippen LogP contribution is 2.47. The molecule has 0 aliphatic heterocycles. The van der Waals surface area contributed by atoms with Crippen molar-refractivity contribution in [2.24, 2.45) is 18.9 Å². The zero-order valence-corrected chi connectivity index (χ0v) is 13.6. The van der Waals surface area contributed by atoms with E-state index in [0.29, 0.717) is 12.3 Å². The Morgan fingerprint density at radius 3 is 2.71 bits per heavy atom. The van der Waals surface area contributed by atoms with Gasteiger partial charge in [-0.15, -0.1) is 0 Å². The van der Waals surface area contributed by atoms with Gasteiger partial charge in [0.05, 0.1) is 18.9 Å². The quantitative estimate of drug-likeness (QED) is 0.599. The molecule has 0 bridgehead atoms.